The predicted molar refractivity (Wildman–Crippen MR) is 99.4 cm³/mol. The highest BCUT2D eigenvalue weighted by atomic mass is 19.1. The number of carbonyl (C=O) groups excluding carboxylic acids is 2. The molecule has 27 heavy (non-hydrogen) atoms. The molecule has 1 aliphatic carbocycles. The molecule has 5 nitrogen and oxygen atoms in total. The molecular weight excluding hydrogens is 347 g/mol. The minimum absolute atomic E-state index is 0.0724. The Morgan fingerprint density at radius 2 is 1.93 bits per heavy atom. The Balaban J connectivity index is 1.72. The van der Waals surface area contributed by atoms with E-state index in [9.17, 15) is 14.0 Å². The zero-order valence-electron chi connectivity index (χ0n) is 14.7. The van der Waals surface area contributed by atoms with Crippen molar-refractivity contribution >= 4 is 28.5 Å². The van der Waals surface area contributed by atoms with Gasteiger partial charge in [0.25, 0.3) is 5.91 Å². The van der Waals surface area contributed by atoms with E-state index in [0.29, 0.717) is 16.9 Å². The van der Waals surface area contributed by atoms with E-state index >= 15 is 0 Å². The molecule has 0 radical (unpaired) electrons. The van der Waals surface area contributed by atoms with Crippen LogP contribution in [0.25, 0.3) is 10.9 Å². The maximum atomic E-state index is 14.2. The topological polar surface area (TPSA) is 68.3 Å². The van der Waals surface area contributed by atoms with Crippen molar-refractivity contribution in [3.05, 3.63) is 71.2 Å². The van der Waals surface area contributed by atoms with Crippen molar-refractivity contribution in [3.8, 4) is 0 Å². The Bertz CT molecular complexity index is 1060. The van der Waals surface area contributed by atoms with E-state index in [1.165, 1.54) is 19.2 Å². The molecule has 1 amide bonds. The second-order valence-corrected chi connectivity index (χ2v) is 6.53. The summed E-state index contributed by atoms with van der Waals surface area (Å²) in [7, 11) is 1.24. The molecule has 1 aromatic heterocycles. The number of anilines is 1. The number of halogens is 1. The fourth-order valence-electron chi connectivity index (χ4n) is 3.03. The van der Waals surface area contributed by atoms with Crippen LogP contribution in [0.1, 0.15) is 45.2 Å². The second kappa shape index (κ2) is 6.79. The van der Waals surface area contributed by atoms with Crippen LogP contribution in [-0.2, 0) is 4.74 Å². The lowest BCUT2D eigenvalue weighted by molar-refractivity contribution is 0.0600. The lowest BCUT2D eigenvalue weighted by Crippen LogP contribution is -2.15. The number of amides is 1. The third kappa shape index (κ3) is 3.38. The number of ether oxygens (including phenoxy) is 1. The SMILES string of the molecule is COC(=O)c1ccc(F)c(NC(=O)c2cc(C3CC3)nc3ccccc23)c1. The number of esters is 1. The van der Waals surface area contributed by atoms with Crippen LogP contribution < -0.4 is 5.32 Å². The number of nitrogens with one attached hydrogen (secondary N) is 1. The molecule has 6 heteroatoms. The van der Waals surface area contributed by atoms with Crippen molar-refractivity contribution in [2.24, 2.45) is 0 Å². The quantitative estimate of drug-likeness (QED) is 0.701. The van der Waals surface area contributed by atoms with Crippen molar-refractivity contribution in [3.63, 3.8) is 0 Å². The summed E-state index contributed by atoms with van der Waals surface area (Å²) in [4.78, 5) is 29.2. The summed E-state index contributed by atoms with van der Waals surface area (Å²) in [6.07, 6.45) is 2.12. The van der Waals surface area contributed by atoms with Gasteiger partial charge in [0, 0.05) is 17.0 Å². The molecular formula is C21H17FN2O3. The Morgan fingerprint density at radius 1 is 1.15 bits per heavy atom. The van der Waals surface area contributed by atoms with Crippen LogP contribution in [0.3, 0.4) is 0 Å². The van der Waals surface area contributed by atoms with Gasteiger partial charge in [0.1, 0.15) is 5.82 Å². The third-order valence-electron chi connectivity index (χ3n) is 4.61. The van der Waals surface area contributed by atoms with Crippen molar-refractivity contribution in [1.29, 1.82) is 0 Å². The Hall–Kier alpha value is -3.28. The van der Waals surface area contributed by atoms with Gasteiger partial charge in [-0.2, -0.15) is 0 Å². The smallest absolute Gasteiger partial charge is 0.337 e. The van der Waals surface area contributed by atoms with E-state index in [-0.39, 0.29) is 11.3 Å². The van der Waals surface area contributed by atoms with Crippen molar-refractivity contribution in [2.75, 3.05) is 12.4 Å². The first-order valence-electron chi connectivity index (χ1n) is 8.65. The molecule has 0 spiro atoms. The van der Waals surface area contributed by atoms with Crippen molar-refractivity contribution in [1.82, 2.24) is 4.98 Å². The molecule has 0 atom stereocenters. The lowest BCUT2D eigenvalue weighted by atomic mass is 10.0. The van der Waals surface area contributed by atoms with E-state index in [1.54, 1.807) is 6.07 Å². The van der Waals surface area contributed by atoms with Crippen LogP contribution >= 0.6 is 0 Å². The number of rotatable bonds is 4. The number of benzene rings is 2. The van der Waals surface area contributed by atoms with Crippen molar-refractivity contribution < 1.29 is 18.7 Å². The molecule has 1 fully saturated rings. The minimum Gasteiger partial charge on any atom is -0.465 e. The van der Waals surface area contributed by atoms with Gasteiger partial charge >= 0.3 is 5.97 Å². The first kappa shape index (κ1) is 17.1. The number of pyridine rings is 1. The monoisotopic (exact) mass is 364 g/mol. The number of fused-ring (bicyclic) bond motifs is 1. The molecule has 0 saturated heterocycles. The van der Waals surface area contributed by atoms with Crippen LogP contribution in [0.2, 0.25) is 0 Å². The Labute approximate surface area is 155 Å². The summed E-state index contributed by atoms with van der Waals surface area (Å²) in [5, 5.41) is 3.27. The minimum atomic E-state index is -0.628. The highest BCUT2D eigenvalue weighted by molar-refractivity contribution is 6.12. The number of aromatic nitrogens is 1. The standard InChI is InChI=1S/C21H17FN2O3/c1-27-21(26)13-8-9-16(22)19(10-13)24-20(25)15-11-18(12-6-7-12)23-17-5-3-2-4-14(15)17/h2-5,8-12H,6-7H2,1H3,(H,24,25). The van der Waals surface area contributed by atoms with Gasteiger partial charge in [-0.05, 0) is 43.2 Å². The summed E-state index contributed by atoms with van der Waals surface area (Å²) in [6, 6.07) is 12.8. The summed E-state index contributed by atoms with van der Waals surface area (Å²) in [5.74, 6) is -1.30. The predicted octanol–water partition coefficient (Wildman–Crippen LogP) is 4.29. The van der Waals surface area contributed by atoms with E-state index in [0.717, 1.165) is 30.1 Å². The largest absolute Gasteiger partial charge is 0.465 e. The van der Waals surface area contributed by atoms with Gasteiger partial charge in [-0.15, -0.1) is 0 Å². The van der Waals surface area contributed by atoms with Gasteiger partial charge in [-0.1, -0.05) is 18.2 Å². The third-order valence-corrected chi connectivity index (χ3v) is 4.61. The molecule has 0 aliphatic heterocycles. The molecule has 4 rings (SSSR count). The van der Waals surface area contributed by atoms with E-state index in [4.69, 9.17) is 0 Å². The van der Waals surface area contributed by atoms with Crippen LogP contribution in [0.15, 0.2) is 48.5 Å². The summed E-state index contributed by atoms with van der Waals surface area (Å²) in [5.41, 5.74) is 2.13. The summed E-state index contributed by atoms with van der Waals surface area (Å²) >= 11 is 0. The molecule has 3 aromatic rings. The number of methoxy groups -OCH3 is 1. The highest BCUT2D eigenvalue weighted by Crippen LogP contribution is 2.40. The number of nitrogens with zero attached hydrogens (tertiary/aromatic N) is 1. The summed E-state index contributed by atoms with van der Waals surface area (Å²) in [6.45, 7) is 0. The van der Waals surface area contributed by atoms with E-state index in [1.807, 2.05) is 24.3 Å². The van der Waals surface area contributed by atoms with Gasteiger partial charge in [0.2, 0.25) is 0 Å². The molecule has 0 unspecified atom stereocenters. The molecule has 2 aromatic carbocycles. The highest BCUT2D eigenvalue weighted by Gasteiger charge is 2.27. The van der Waals surface area contributed by atoms with Gasteiger partial charge in [0.15, 0.2) is 0 Å². The van der Waals surface area contributed by atoms with E-state index < -0.39 is 17.7 Å². The summed E-state index contributed by atoms with van der Waals surface area (Å²) < 4.78 is 18.8. The number of hydrogen-bond acceptors (Lipinski definition) is 4. The first-order chi connectivity index (χ1) is 13.1. The average Bonchev–Trinajstić information content (AvgIpc) is 3.53. The van der Waals surface area contributed by atoms with Crippen LogP contribution in [0.4, 0.5) is 10.1 Å². The zero-order chi connectivity index (χ0) is 19.0. The number of para-hydroxylation sites is 1. The Morgan fingerprint density at radius 3 is 2.67 bits per heavy atom. The Kier molecular flexibility index (Phi) is 4.32. The lowest BCUT2D eigenvalue weighted by Gasteiger charge is -2.11. The van der Waals surface area contributed by atoms with E-state index in [2.05, 4.69) is 15.0 Å². The molecule has 1 heterocycles. The van der Waals surface area contributed by atoms with Gasteiger partial charge in [-0.3, -0.25) is 9.78 Å². The maximum Gasteiger partial charge on any atom is 0.337 e. The van der Waals surface area contributed by atoms with Crippen LogP contribution in [0, 0.1) is 5.82 Å². The van der Waals surface area contributed by atoms with Gasteiger partial charge < -0.3 is 10.1 Å². The molecule has 136 valence electrons. The first-order valence-corrected chi connectivity index (χ1v) is 8.65. The van der Waals surface area contributed by atoms with Crippen LogP contribution in [0.5, 0.6) is 0 Å². The average molecular weight is 364 g/mol. The maximum absolute atomic E-state index is 14.2. The second-order valence-electron chi connectivity index (χ2n) is 6.53. The molecule has 0 bridgehead atoms. The normalized spacial score (nSPS) is 13.4. The molecule has 1 saturated carbocycles. The van der Waals surface area contributed by atoms with Crippen molar-refractivity contribution in [2.45, 2.75) is 18.8 Å². The molecule has 1 aliphatic rings. The number of hydrogen-bond donors (Lipinski definition) is 1. The molecule has 1 N–H and O–H groups in total. The van der Waals surface area contributed by atoms with Gasteiger partial charge in [-0.25, -0.2) is 9.18 Å². The van der Waals surface area contributed by atoms with Crippen LogP contribution in [-0.4, -0.2) is 24.0 Å². The number of carbonyl (C=O) groups is 2. The fraction of sp³-hybridized carbons (Fsp3) is 0.190. The fourth-order valence-corrected chi connectivity index (χ4v) is 3.03. The van der Waals surface area contributed by atoms with Gasteiger partial charge in [0.05, 0.1) is 29.4 Å². The zero-order valence-corrected chi connectivity index (χ0v) is 14.7.